The number of amides is 1. The lowest BCUT2D eigenvalue weighted by Crippen LogP contribution is -2.28. The highest BCUT2D eigenvalue weighted by molar-refractivity contribution is 6.02. The van der Waals surface area contributed by atoms with Crippen molar-refractivity contribution in [2.45, 2.75) is 6.54 Å². The summed E-state index contributed by atoms with van der Waals surface area (Å²) in [6, 6.07) is 14.5. The van der Waals surface area contributed by atoms with Crippen molar-refractivity contribution in [1.82, 2.24) is 5.32 Å². The highest BCUT2D eigenvalue weighted by Crippen LogP contribution is 2.30. The lowest BCUT2D eigenvalue weighted by atomic mass is 10.2. The van der Waals surface area contributed by atoms with Crippen molar-refractivity contribution in [3.05, 3.63) is 65.9 Å². The van der Waals surface area contributed by atoms with E-state index in [9.17, 15) is 9.59 Å². The van der Waals surface area contributed by atoms with E-state index < -0.39 is 11.9 Å². The quantitative estimate of drug-likeness (QED) is 0.548. The Balaban J connectivity index is 2.20. The number of esters is 1. The summed E-state index contributed by atoms with van der Waals surface area (Å²) in [7, 11) is 4.28. The molecular formula is C20H22N2O5. The van der Waals surface area contributed by atoms with E-state index in [0.29, 0.717) is 23.7 Å². The fourth-order valence-corrected chi connectivity index (χ4v) is 2.26. The van der Waals surface area contributed by atoms with Crippen molar-refractivity contribution in [1.29, 1.82) is 0 Å². The van der Waals surface area contributed by atoms with E-state index in [2.05, 4.69) is 15.4 Å². The summed E-state index contributed by atoms with van der Waals surface area (Å²) in [5.41, 5.74) is 1.47. The van der Waals surface area contributed by atoms with E-state index in [1.165, 1.54) is 14.2 Å². The van der Waals surface area contributed by atoms with E-state index in [4.69, 9.17) is 9.47 Å². The summed E-state index contributed by atoms with van der Waals surface area (Å²) in [4.78, 5) is 24.3. The van der Waals surface area contributed by atoms with Crippen LogP contribution in [0.15, 0.2) is 60.3 Å². The maximum Gasteiger partial charge on any atom is 0.332 e. The molecule has 0 aliphatic rings. The molecule has 0 bridgehead atoms. The van der Waals surface area contributed by atoms with Crippen molar-refractivity contribution >= 4 is 17.6 Å². The smallest absolute Gasteiger partial charge is 0.332 e. The maximum atomic E-state index is 12.6. The minimum Gasteiger partial charge on any atom is -0.497 e. The van der Waals surface area contributed by atoms with Gasteiger partial charge in [0.15, 0.2) is 0 Å². The molecule has 142 valence electrons. The lowest BCUT2D eigenvalue weighted by Gasteiger charge is -2.15. The molecule has 0 aliphatic heterocycles. The molecule has 0 heterocycles. The Kier molecular flexibility index (Phi) is 7.25. The van der Waals surface area contributed by atoms with Gasteiger partial charge in [0.05, 0.1) is 33.1 Å². The van der Waals surface area contributed by atoms with E-state index in [-0.39, 0.29) is 5.70 Å². The van der Waals surface area contributed by atoms with Gasteiger partial charge in [-0.2, -0.15) is 0 Å². The molecule has 0 unspecified atom stereocenters. The first-order chi connectivity index (χ1) is 13.1. The lowest BCUT2D eigenvalue weighted by molar-refractivity contribution is -0.135. The molecular weight excluding hydrogens is 348 g/mol. The monoisotopic (exact) mass is 370 g/mol. The molecule has 2 aromatic carbocycles. The molecule has 27 heavy (non-hydrogen) atoms. The second kappa shape index (κ2) is 9.86. The molecule has 2 aromatic rings. The number of nitrogens with one attached hydrogen (secondary N) is 2. The average Bonchev–Trinajstić information content (AvgIpc) is 2.72. The standard InChI is InChI=1S/C20H22N2O5/c1-25-15-9-10-16(18(11-15)26-2)22-17(12-19(23)27-3)20(24)21-13-14-7-5-4-6-8-14/h4-12,22H,13H2,1-3H3,(H,21,24)/b17-12-. The third kappa shape index (κ3) is 5.78. The van der Waals surface area contributed by atoms with Crippen molar-refractivity contribution < 1.29 is 23.8 Å². The molecule has 7 heteroatoms. The van der Waals surface area contributed by atoms with Gasteiger partial charge >= 0.3 is 5.97 Å². The predicted octanol–water partition coefficient (Wildman–Crippen LogP) is 2.49. The third-order valence-corrected chi connectivity index (χ3v) is 3.68. The molecule has 0 saturated heterocycles. The topological polar surface area (TPSA) is 85.9 Å². The SMILES string of the molecule is COC(=O)/C=C(\Nc1ccc(OC)cc1OC)C(=O)NCc1ccccc1. The van der Waals surface area contributed by atoms with Gasteiger partial charge < -0.3 is 24.8 Å². The van der Waals surface area contributed by atoms with Crippen molar-refractivity contribution in [3.63, 3.8) is 0 Å². The number of carbonyl (C=O) groups excluding carboxylic acids is 2. The van der Waals surface area contributed by atoms with Gasteiger partial charge in [-0.25, -0.2) is 4.79 Å². The maximum absolute atomic E-state index is 12.6. The zero-order chi connectivity index (χ0) is 19.6. The van der Waals surface area contributed by atoms with Crippen LogP contribution in [0, 0.1) is 0 Å². The van der Waals surface area contributed by atoms with Crippen LogP contribution in [0.4, 0.5) is 5.69 Å². The molecule has 2 rings (SSSR count). The van der Waals surface area contributed by atoms with Gasteiger partial charge in [-0.3, -0.25) is 4.79 Å². The minimum absolute atomic E-state index is 0.0289. The average molecular weight is 370 g/mol. The predicted molar refractivity (Wildman–Crippen MR) is 102 cm³/mol. The summed E-state index contributed by atoms with van der Waals surface area (Å²) in [6.45, 7) is 0.319. The Morgan fingerprint density at radius 3 is 2.37 bits per heavy atom. The Hall–Kier alpha value is -3.48. The van der Waals surface area contributed by atoms with Crippen molar-refractivity contribution in [3.8, 4) is 11.5 Å². The van der Waals surface area contributed by atoms with Crippen LogP contribution >= 0.6 is 0 Å². The Morgan fingerprint density at radius 2 is 1.74 bits per heavy atom. The first kappa shape index (κ1) is 19.8. The van der Waals surface area contributed by atoms with Gasteiger partial charge in [0.25, 0.3) is 5.91 Å². The number of rotatable bonds is 8. The van der Waals surface area contributed by atoms with Crippen LogP contribution in [-0.4, -0.2) is 33.2 Å². The first-order valence-corrected chi connectivity index (χ1v) is 8.18. The summed E-state index contributed by atoms with van der Waals surface area (Å²) < 4.78 is 15.1. The summed E-state index contributed by atoms with van der Waals surface area (Å²) in [5.74, 6) is -0.0487. The van der Waals surface area contributed by atoms with Gasteiger partial charge in [-0.1, -0.05) is 30.3 Å². The van der Waals surface area contributed by atoms with Crippen LogP contribution in [0.25, 0.3) is 0 Å². The van der Waals surface area contributed by atoms with Crippen LogP contribution < -0.4 is 20.1 Å². The zero-order valence-electron chi connectivity index (χ0n) is 15.4. The Morgan fingerprint density at radius 1 is 1.00 bits per heavy atom. The number of benzene rings is 2. The molecule has 0 saturated carbocycles. The van der Waals surface area contributed by atoms with Crippen LogP contribution in [0.3, 0.4) is 0 Å². The van der Waals surface area contributed by atoms with Crippen LogP contribution in [0.1, 0.15) is 5.56 Å². The summed E-state index contributed by atoms with van der Waals surface area (Å²) >= 11 is 0. The molecule has 0 fully saturated rings. The molecule has 1 amide bonds. The van der Waals surface area contributed by atoms with Gasteiger partial charge in [0.1, 0.15) is 17.2 Å². The Bertz CT molecular complexity index is 818. The van der Waals surface area contributed by atoms with E-state index in [1.807, 2.05) is 30.3 Å². The number of methoxy groups -OCH3 is 3. The highest BCUT2D eigenvalue weighted by atomic mass is 16.5. The number of hydrogen-bond donors (Lipinski definition) is 2. The van der Waals surface area contributed by atoms with Crippen LogP contribution in [0.2, 0.25) is 0 Å². The normalized spacial score (nSPS) is 10.7. The van der Waals surface area contributed by atoms with Gasteiger partial charge in [-0.15, -0.1) is 0 Å². The van der Waals surface area contributed by atoms with Gasteiger partial charge in [0, 0.05) is 12.6 Å². The molecule has 0 aromatic heterocycles. The fraction of sp³-hybridized carbons (Fsp3) is 0.200. The minimum atomic E-state index is -0.653. The van der Waals surface area contributed by atoms with Crippen molar-refractivity contribution in [2.24, 2.45) is 0 Å². The van der Waals surface area contributed by atoms with Crippen molar-refractivity contribution in [2.75, 3.05) is 26.6 Å². The molecule has 2 N–H and O–H groups in total. The molecule has 7 nitrogen and oxygen atoms in total. The molecule has 0 atom stereocenters. The second-order valence-corrected chi connectivity index (χ2v) is 5.44. The largest absolute Gasteiger partial charge is 0.497 e. The first-order valence-electron chi connectivity index (χ1n) is 8.18. The molecule has 0 spiro atoms. The number of ether oxygens (including phenoxy) is 3. The van der Waals surface area contributed by atoms with Gasteiger partial charge in [0.2, 0.25) is 0 Å². The van der Waals surface area contributed by atoms with Gasteiger partial charge in [-0.05, 0) is 17.7 Å². The second-order valence-electron chi connectivity index (χ2n) is 5.44. The van der Waals surface area contributed by atoms with Crippen LogP contribution in [0.5, 0.6) is 11.5 Å². The fourth-order valence-electron chi connectivity index (χ4n) is 2.26. The molecule has 0 radical (unpaired) electrons. The number of hydrogen-bond acceptors (Lipinski definition) is 6. The Labute approximate surface area is 157 Å². The zero-order valence-corrected chi connectivity index (χ0v) is 15.4. The summed E-state index contributed by atoms with van der Waals surface area (Å²) in [6.07, 6.45) is 1.09. The van der Waals surface area contributed by atoms with E-state index in [1.54, 1.807) is 25.3 Å². The highest BCUT2D eigenvalue weighted by Gasteiger charge is 2.15. The number of anilines is 1. The molecule has 0 aliphatic carbocycles. The van der Waals surface area contributed by atoms with E-state index in [0.717, 1.165) is 11.6 Å². The number of carbonyl (C=O) groups is 2. The third-order valence-electron chi connectivity index (χ3n) is 3.68. The summed E-state index contributed by atoms with van der Waals surface area (Å²) in [5, 5.41) is 5.68. The van der Waals surface area contributed by atoms with E-state index >= 15 is 0 Å². The van der Waals surface area contributed by atoms with Crippen LogP contribution in [-0.2, 0) is 20.9 Å².